The van der Waals surface area contributed by atoms with Crippen LogP contribution in [0.25, 0.3) is 0 Å². The van der Waals surface area contributed by atoms with Crippen LogP contribution in [0.4, 0.5) is 0 Å². The molecule has 2 rings (SSSR count). The predicted octanol–water partition coefficient (Wildman–Crippen LogP) is 3.07. The molecule has 1 amide bonds. The number of hydrogen-bond donors (Lipinski definition) is 0. The molecule has 0 fully saturated rings. The van der Waals surface area contributed by atoms with Crippen LogP contribution in [0.5, 0.6) is 11.5 Å². The van der Waals surface area contributed by atoms with Gasteiger partial charge in [-0.15, -0.1) is 0 Å². The summed E-state index contributed by atoms with van der Waals surface area (Å²) in [6.07, 6.45) is 3.44. The lowest BCUT2D eigenvalue weighted by Gasteiger charge is -2.18. The first kappa shape index (κ1) is 17.3. The van der Waals surface area contributed by atoms with Crippen molar-refractivity contribution in [2.45, 2.75) is 39.0 Å². The van der Waals surface area contributed by atoms with E-state index >= 15 is 0 Å². The van der Waals surface area contributed by atoms with Crippen LogP contribution in [-0.4, -0.2) is 43.4 Å². The number of nitrogens with zero attached hydrogens (tertiary/aromatic N) is 1. The molecule has 0 radical (unpaired) electrons. The fourth-order valence-corrected chi connectivity index (χ4v) is 2.47. The van der Waals surface area contributed by atoms with E-state index in [1.165, 1.54) is 0 Å². The third-order valence-electron chi connectivity index (χ3n) is 3.93. The minimum absolute atomic E-state index is 0.0333. The maximum atomic E-state index is 12.2. The van der Waals surface area contributed by atoms with Gasteiger partial charge in [-0.05, 0) is 31.0 Å². The van der Waals surface area contributed by atoms with Gasteiger partial charge in [0.05, 0.1) is 0 Å². The number of carbonyl (C=O) groups excluding carboxylic acids is 2. The lowest BCUT2D eigenvalue weighted by molar-refractivity contribution is -0.130. The van der Waals surface area contributed by atoms with E-state index < -0.39 is 0 Å². The number of Topliss-reactive ketones (excluding diaryl/α,β-unsaturated/α-hetero) is 1. The Morgan fingerprint density at radius 1 is 1.09 bits per heavy atom. The van der Waals surface area contributed by atoms with E-state index in [-0.39, 0.29) is 11.7 Å². The number of ketones is 1. The standard InChI is InChI=1S/C18H25NO4/c1-3-4-10-19(2)18(21)7-5-6-15(20)14-8-9-16-17(13-14)23-12-11-22-16/h8-9,13H,3-7,10-12H2,1-2H3. The molecule has 5 heteroatoms. The summed E-state index contributed by atoms with van der Waals surface area (Å²) in [5, 5.41) is 0. The number of rotatable bonds is 8. The monoisotopic (exact) mass is 319 g/mol. The predicted molar refractivity (Wildman–Crippen MR) is 88.2 cm³/mol. The Morgan fingerprint density at radius 3 is 2.57 bits per heavy atom. The molecular formula is C18H25NO4. The number of amides is 1. The maximum absolute atomic E-state index is 12.2. The zero-order valence-corrected chi connectivity index (χ0v) is 14.0. The molecule has 0 unspecified atom stereocenters. The summed E-state index contributed by atoms with van der Waals surface area (Å²) in [6.45, 7) is 3.92. The van der Waals surface area contributed by atoms with E-state index in [2.05, 4.69) is 6.92 Å². The van der Waals surface area contributed by atoms with Gasteiger partial charge in [0.1, 0.15) is 13.2 Å². The second-order valence-corrected chi connectivity index (χ2v) is 5.80. The van der Waals surface area contributed by atoms with Crippen LogP contribution >= 0.6 is 0 Å². The molecule has 1 aliphatic heterocycles. The SMILES string of the molecule is CCCCN(C)C(=O)CCCC(=O)c1ccc2c(c1)OCCO2. The van der Waals surface area contributed by atoms with Gasteiger partial charge in [-0.25, -0.2) is 0 Å². The molecular weight excluding hydrogens is 294 g/mol. The summed E-state index contributed by atoms with van der Waals surface area (Å²) in [5.41, 5.74) is 0.612. The fourth-order valence-electron chi connectivity index (χ4n) is 2.47. The van der Waals surface area contributed by atoms with E-state index in [9.17, 15) is 9.59 Å². The maximum Gasteiger partial charge on any atom is 0.222 e. The Labute approximate surface area is 137 Å². The molecule has 23 heavy (non-hydrogen) atoms. The molecule has 0 aromatic heterocycles. The quantitative estimate of drug-likeness (QED) is 0.691. The van der Waals surface area contributed by atoms with Crippen LogP contribution in [0.2, 0.25) is 0 Å². The summed E-state index contributed by atoms with van der Waals surface area (Å²) < 4.78 is 10.9. The van der Waals surface area contributed by atoms with Crippen LogP contribution in [0.15, 0.2) is 18.2 Å². The Hall–Kier alpha value is -2.04. The third kappa shape index (κ3) is 4.98. The first-order chi connectivity index (χ1) is 11.1. The largest absolute Gasteiger partial charge is 0.486 e. The van der Waals surface area contributed by atoms with Gasteiger partial charge < -0.3 is 14.4 Å². The lowest BCUT2D eigenvalue weighted by Crippen LogP contribution is -2.27. The number of hydrogen-bond acceptors (Lipinski definition) is 4. The van der Waals surface area contributed by atoms with Crippen molar-refractivity contribution in [3.8, 4) is 11.5 Å². The average Bonchev–Trinajstić information content (AvgIpc) is 2.58. The fraction of sp³-hybridized carbons (Fsp3) is 0.556. The zero-order chi connectivity index (χ0) is 16.7. The normalized spacial score (nSPS) is 12.8. The molecule has 0 bridgehead atoms. The van der Waals surface area contributed by atoms with Crippen LogP contribution in [0, 0.1) is 0 Å². The molecule has 1 aromatic carbocycles. The Kier molecular flexibility index (Phi) is 6.44. The highest BCUT2D eigenvalue weighted by Gasteiger charge is 2.15. The van der Waals surface area contributed by atoms with Gasteiger partial charge in [-0.1, -0.05) is 13.3 Å². The highest BCUT2D eigenvalue weighted by molar-refractivity contribution is 5.96. The molecule has 0 saturated heterocycles. The van der Waals surface area contributed by atoms with Crippen molar-refractivity contribution in [2.75, 3.05) is 26.8 Å². The zero-order valence-electron chi connectivity index (χ0n) is 14.0. The topological polar surface area (TPSA) is 55.8 Å². The number of fused-ring (bicyclic) bond motifs is 1. The molecule has 0 spiro atoms. The van der Waals surface area contributed by atoms with E-state index in [4.69, 9.17) is 9.47 Å². The van der Waals surface area contributed by atoms with Gasteiger partial charge in [-0.3, -0.25) is 9.59 Å². The first-order valence-corrected chi connectivity index (χ1v) is 8.28. The van der Waals surface area contributed by atoms with Gasteiger partial charge >= 0.3 is 0 Å². The smallest absolute Gasteiger partial charge is 0.222 e. The van der Waals surface area contributed by atoms with E-state index in [1.807, 2.05) is 7.05 Å². The minimum Gasteiger partial charge on any atom is -0.486 e. The Morgan fingerprint density at radius 2 is 1.83 bits per heavy atom. The number of benzene rings is 1. The molecule has 0 saturated carbocycles. The lowest BCUT2D eigenvalue weighted by atomic mass is 10.0. The van der Waals surface area contributed by atoms with Gasteiger partial charge in [0.15, 0.2) is 17.3 Å². The molecule has 0 N–H and O–H groups in total. The van der Waals surface area contributed by atoms with Gasteiger partial charge in [0, 0.05) is 32.0 Å². The highest BCUT2D eigenvalue weighted by Crippen LogP contribution is 2.31. The molecule has 1 heterocycles. The van der Waals surface area contributed by atoms with Crippen LogP contribution in [0.1, 0.15) is 49.4 Å². The first-order valence-electron chi connectivity index (χ1n) is 8.28. The molecule has 1 aromatic rings. The summed E-state index contributed by atoms with van der Waals surface area (Å²) in [6, 6.07) is 5.25. The van der Waals surface area contributed by atoms with Crippen molar-refractivity contribution in [2.24, 2.45) is 0 Å². The third-order valence-corrected chi connectivity index (χ3v) is 3.93. The second kappa shape index (κ2) is 8.56. The second-order valence-electron chi connectivity index (χ2n) is 5.80. The van der Waals surface area contributed by atoms with Crippen molar-refractivity contribution in [3.05, 3.63) is 23.8 Å². The van der Waals surface area contributed by atoms with Crippen molar-refractivity contribution in [1.82, 2.24) is 4.90 Å². The summed E-state index contributed by atoms with van der Waals surface area (Å²) in [5.74, 6) is 1.44. The molecule has 1 aliphatic rings. The molecule has 0 aliphatic carbocycles. The van der Waals surface area contributed by atoms with Crippen LogP contribution in [0.3, 0.4) is 0 Å². The highest BCUT2D eigenvalue weighted by atomic mass is 16.6. The van der Waals surface area contributed by atoms with Crippen LogP contribution < -0.4 is 9.47 Å². The van der Waals surface area contributed by atoms with E-state index in [0.717, 1.165) is 19.4 Å². The number of carbonyl (C=O) groups is 2. The van der Waals surface area contributed by atoms with Gasteiger partial charge in [0.25, 0.3) is 0 Å². The number of unbranched alkanes of at least 4 members (excludes halogenated alkanes) is 1. The van der Waals surface area contributed by atoms with Crippen molar-refractivity contribution < 1.29 is 19.1 Å². The average molecular weight is 319 g/mol. The van der Waals surface area contributed by atoms with E-state index in [1.54, 1.807) is 23.1 Å². The van der Waals surface area contributed by atoms with Crippen molar-refractivity contribution in [1.29, 1.82) is 0 Å². The van der Waals surface area contributed by atoms with Crippen molar-refractivity contribution >= 4 is 11.7 Å². The summed E-state index contributed by atoms with van der Waals surface area (Å²) >= 11 is 0. The summed E-state index contributed by atoms with van der Waals surface area (Å²) in [7, 11) is 1.82. The molecule has 0 atom stereocenters. The molecule has 126 valence electrons. The summed E-state index contributed by atoms with van der Waals surface area (Å²) in [4.78, 5) is 25.9. The minimum atomic E-state index is 0.0333. The number of ether oxygens (including phenoxy) is 2. The Bertz CT molecular complexity index is 556. The van der Waals surface area contributed by atoms with Crippen LogP contribution in [-0.2, 0) is 4.79 Å². The van der Waals surface area contributed by atoms with Gasteiger partial charge in [-0.2, -0.15) is 0 Å². The Balaban J connectivity index is 1.80. The van der Waals surface area contributed by atoms with E-state index in [0.29, 0.717) is 49.5 Å². The van der Waals surface area contributed by atoms with Gasteiger partial charge in [0.2, 0.25) is 5.91 Å². The molecule has 5 nitrogen and oxygen atoms in total. The van der Waals surface area contributed by atoms with Crippen molar-refractivity contribution in [3.63, 3.8) is 0 Å².